The van der Waals surface area contributed by atoms with E-state index in [0.29, 0.717) is 5.41 Å². The zero-order chi connectivity index (χ0) is 9.47. The smallest absolute Gasteiger partial charge is 0.0339 e. The lowest BCUT2D eigenvalue weighted by molar-refractivity contribution is 0.0249. The first-order chi connectivity index (χ1) is 6.07. The van der Waals surface area contributed by atoms with Gasteiger partial charge >= 0.3 is 0 Å². The monoisotopic (exact) mass is 259 g/mol. The first kappa shape index (κ1) is 9.69. The third-order valence-corrected chi connectivity index (χ3v) is 4.27. The minimum atomic E-state index is 0.545. The van der Waals surface area contributed by atoms with Gasteiger partial charge in [0.1, 0.15) is 0 Å². The third-order valence-electron chi connectivity index (χ3n) is 2.36. The van der Waals surface area contributed by atoms with Gasteiger partial charge in [0.15, 0.2) is 0 Å². The average molecular weight is 260 g/mol. The van der Waals surface area contributed by atoms with Crippen LogP contribution in [0.1, 0.15) is 18.7 Å². The zero-order valence-corrected chi connectivity index (χ0v) is 10.4. The summed E-state index contributed by atoms with van der Waals surface area (Å²) in [6.07, 6.45) is 0. The second kappa shape index (κ2) is 3.37. The quantitative estimate of drug-likeness (QED) is 0.788. The molecular weight excluding hydrogens is 246 g/mol. The van der Waals surface area contributed by atoms with Crippen LogP contribution >= 0.6 is 27.3 Å². The van der Waals surface area contributed by atoms with Crippen LogP contribution < -0.4 is 0 Å². The van der Waals surface area contributed by atoms with Gasteiger partial charge in [0, 0.05) is 29.0 Å². The second-order valence-corrected chi connectivity index (χ2v) is 6.36. The van der Waals surface area contributed by atoms with E-state index in [1.165, 1.54) is 22.4 Å². The average Bonchev–Trinajstić information content (AvgIpc) is 2.33. The molecule has 0 atom stereocenters. The summed E-state index contributed by atoms with van der Waals surface area (Å²) in [5, 5.41) is 2.14. The Morgan fingerprint density at radius 1 is 1.54 bits per heavy atom. The van der Waals surface area contributed by atoms with Crippen molar-refractivity contribution < 1.29 is 0 Å². The van der Waals surface area contributed by atoms with Crippen molar-refractivity contribution in [3.63, 3.8) is 0 Å². The predicted octanol–water partition coefficient (Wildman–Crippen LogP) is 3.35. The van der Waals surface area contributed by atoms with Crippen LogP contribution in [0.2, 0.25) is 0 Å². The van der Waals surface area contributed by atoms with E-state index in [9.17, 15) is 0 Å². The van der Waals surface area contributed by atoms with E-state index in [0.717, 1.165) is 6.54 Å². The van der Waals surface area contributed by atoms with Crippen molar-refractivity contribution in [1.82, 2.24) is 4.90 Å². The molecule has 1 aliphatic heterocycles. The summed E-state index contributed by atoms with van der Waals surface area (Å²) >= 11 is 5.40. The van der Waals surface area contributed by atoms with E-state index < -0.39 is 0 Å². The molecule has 3 heteroatoms. The normalized spacial score (nSPS) is 21.5. The molecule has 1 aromatic rings. The van der Waals surface area contributed by atoms with Gasteiger partial charge in [-0.25, -0.2) is 0 Å². The van der Waals surface area contributed by atoms with Crippen molar-refractivity contribution in [1.29, 1.82) is 0 Å². The first-order valence-electron chi connectivity index (χ1n) is 4.51. The summed E-state index contributed by atoms with van der Waals surface area (Å²) in [4.78, 5) is 3.95. The molecule has 0 unspecified atom stereocenters. The minimum absolute atomic E-state index is 0.545. The van der Waals surface area contributed by atoms with Crippen LogP contribution in [0, 0.1) is 5.41 Å². The Kier molecular flexibility index (Phi) is 2.51. The third kappa shape index (κ3) is 2.14. The summed E-state index contributed by atoms with van der Waals surface area (Å²) < 4.78 is 1.27. The fourth-order valence-corrected chi connectivity index (χ4v) is 3.44. The van der Waals surface area contributed by atoms with Gasteiger partial charge < -0.3 is 0 Å². The van der Waals surface area contributed by atoms with E-state index in [1.807, 2.05) is 11.3 Å². The van der Waals surface area contributed by atoms with E-state index in [-0.39, 0.29) is 0 Å². The molecule has 13 heavy (non-hydrogen) atoms. The second-order valence-electron chi connectivity index (χ2n) is 4.50. The number of thiophene rings is 1. The lowest BCUT2D eigenvalue weighted by Crippen LogP contribution is -2.51. The van der Waals surface area contributed by atoms with Crippen LogP contribution in [0.3, 0.4) is 0 Å². The van der Waals surface area contributed by atoms with Gasteiger partial charge in [-0.1, -0.05) is 13.8 Å². The highest BCUT2D eigenvalue weighted by Crippen LogP contribution is 2.32. The van der Waals surface area contributed by atoms with E-state index >= 15 is 0 Å². The molecule has 2 rings (SSSR count). The maximum atomic E-state index is 3.56. The maximum absolute atomic E-state index is 3.56. The van der Waals surface area contributed by atoms with Crippen LogP contribution in [-0.4, -0.2) is 18.0 Å². The van der Waals surface area contributed by atoms with Gasteiger partial charge in [0.25, 0.3) is 0 Å². The van der Waals surface area contributed by atoms with Crippen molar-refractivity contribution in [2.45, 2.75) is 20.4 Å². The zero-order valence-electron chi connectivity index (χ0n) is 8.01. The summed E-state index contributed by atoms with van der Waals surface area (Å²) in [7, 11) is 0. The fraction of sp³-hybridized carbons (Fsp3) is 0.600. The molecule has 1 fully saturated rings. The van der Waals surface area contributed by atoms with Gasteiger partial charge in [-0.2, -0.15) is 0 Å². The largest absolute Gasteiger partial charge is 0.297 e. The summed E-state index contributed by atoms with van der Waals surface area (Å²) in [5.74, 6) is 0. The van der Waals surface area contributed by atoms with E-state index in [4.69, 9.17) is 0 Å². The Bertz CT molecular complexity index is 298. The molecule has 1 aliphatic rings. The number of hydrogen-bond donors (Lipinski definition) is 0. The maximum Gasteiger partial charge on any atom is 0.0339 e. The Morgan fingerprint density at radius 2 is 2.23 bits per heavy atom. The molecule has 0 bridgehead atoms. The van der Waals surface area contributed by atoms with Crippen LogP contribution in [0.15, 0.2) is 15.9 Å². The van der Waals surface area contributed by atoms with Crippen molar-refractivity contribution in [3.8, 4) is 0 Å². The molecule has 1 saturated heterocycles. The molecule has 0 aliphatic carbocycles. The number of likely N-dealkylation sites (tertiary alicyclic amines) is 1. The van der Waals surface area contributed by atoms with Crippen LogP contribution in [0.25, 0.3) is 0 Å². The number of rotatable bonds is 2. The molecule has 0 amide bonds. The lowest BCUT2D eigenvalue weighted by atomic mass is 9.84. The molecule has 0 spiro atoms. The van der Waals surface area contributed by atoms with Crippen molar-refractivity contribution in [2.75, 3.05) is 13.1 Å². The fourth-order valence-electron chi connectivity index (χ4n) is 1.92. The first-order valence-corrected chi connectivity index (χ1v) is 6.18. The Morgan fingerprint density at radius 3 is 2.69 bits per heavy atom. The molecule has 0 aromatic carbocycles. The molecule has 1 nitrogen and oxygen atoms in total. The lowest BCUT2D eigenvalue weighted by Gasteiger charge is -2.45. The predicted molar refractivity (Wildman–Crippen MR) is 61.1 cm³/mol. The molecule has 1 aromatic heterocycles. The van der Waals surface area contributed by atoms with Crippen LogP contribution in [0.5, 0.6) is 0 Å². The van der Waals surface area contributed by atoms with Gasteiger partial charge in [-0.05, 0) is 32.8 Å². The summed E-state index contributed by atoms with van der Waals surface area (Å²) in [6, 6.07) is 2.13. The van der Waals surface area contributed by atoms with Gasteiger partial charge in [0.2, 0.25) is 0 Å². The molecule has 0 radical (unpaired) electrons. The highest BCUT2D eigenvalue weighted by molar-refractivity contribution is 9.10. The molecule has 0 N–H and O–H groups in total. The Labute approximate surface area is 91.9 Å². The summed E-state index contributed by atoms with van der Waals surface area (Å²) in [6.45, 7) is 8.23. The van der Waals surface area contributed by atoms with Crippen molar-refractivity contribution in [2.24, 2.45) is 5.41 Å². The Hall–Kier alpha value is 0.140. The summed E-state index contributed by atoms with van der Waals surface area (Å²) in [5.41, 5.74) is 0.545. The van der Waals surface area contributed by atoms with Crippen LogP contribution in [-0.2, 0) is 6.54 Å². The molecular formula is C10H14BrNS. The molecule has 72 valence electrons. The number of nitrogens with zero attached hydrogens (tertiary/aromatic N) is 1. The van der Waals surface area contributed by atoms with Gasteiger partial charge in [-0.15, -0.1) is 11.3 Å². The van der Waals surface area contributed by atoms with Crippen molar-refractivity contribution in [3.05, 3.63) is 20.8 Å². The molecule has 2 heterocycles. The van der Waals surface area contributed by atoms with Gasteiger partial charge in [-0.3, -0.25) is 4.90 Å². The highest BCUT2D eigenvalue weighted by atomic mass is 79.9. The van der Waals surface area contributed by atoms with Crippen LogP contribution in [0.4, 0.5) is 0 Å². The standard InChI is InChI=1S/C10H14BrNS/c1-10(2)6-12(7-10)5-9-8(11)3-4-13-9/h3-4H,5-7H2,1-2H3. The molecule has 0 saturated carbocycles. The number of hydrogen-bond acceptors (Lipinski definition) is 2. The Balaban J connectivity index is 1.91. The number of halogens is 1. The minimum Gasteiger partial charge on any atom is -0.297 e. The SMILES string of the molecule is CC1(C)CN(Cc2sccc2Br)C1. The van der Waals surface area contributed by atoms with Crippen molar-refractivity contribution >= 4 is 27.3 Å². The highest BCUT2D eigenvalue weighted by Gasteiger charge is 2.33. The van der Waals surface area contributed by atoms with E-state index in [1.54, 1.807) is 0 Å². The van der Waals surface area contributed by atoms with Gasteiger partial charge in [0.05, 0.1) is 0 Å². The topological polar surface area (TPSA) is 3.24 Å². The van der Waals surface area contributed by atoms with E-state index in [2.05, 4.69) is 46.1 Å².